The van der Waals surface area contributed by atoms with Gasteiger partial charge in [0.05, 0.1) is 40.6 Å². The van der Waals surface area contributed by atoms with Crippen LogP contribution in [0.25, 0.3) is 0 Å². The first-order valence-corrected chi connectivity index (χ1v) is 19.6. The number of anilines is 2. The van der Waals surface area contributed by atoms with Gasteiger partial charge in [0.1, 0.15) is 17.6 Å². The Morgan fingerprint density at radius 1 is 1.09 bits per heavy atom. The summed E-state index contributed by atoms with van der Waals surface area (Å²) >= 11 is 1.47. The number of nitrogens with zero attached hydrogens (tertiary/aromatic N) is 2. The molecule has 3 aromatic rings. The van der Waals surface area contributed by atoms with Gasteiger partial charge in [-0.2, -0.15) is 13.2 Å². The lowest BCUT2D eigenvalue weighted by molar-refractivity contribution is -0.185. The number of para-hydroxylation sites is 1. The van der Waals surface area contributed by atoms with Crippen molar-refractivity contribution in [1.82, 2.24) is 20.2 Å². The predicted octanol–water partition coefficient (Wildman–Crippen LogP) is 6.74. The van der Waals surface area contributed by atoms with Crippen molar-refractivity contribution in [2.45, 2.75) is 107 Å². The van der Waals surface area contributed by atoms with Crippen molar-refractivity contribution in [2.24, 2.45) is 17.3 Å². The van der Waals surface area contributed by atoms with Crippen molar-refractivity contribution in [1.29, 1.82) is 0 Å². The molecule has 7 atom stereocenters. The summed E-state index contributed by atoms with van der Waals surface area (Å²) in [7, 11) is -0.688. The quantitative estimate of drug-likeness (QED) is 0.132. The summed E-state index contributed by atoms with van der Waals surface area (Å²) in [4.78, 5) is 47.5. The lowest BCUT2D eigenvalue weighted by atomic mass is 9.45. The fourth-order valence-corrected chi connectivity index (χ4v) is 9.49. The molecule has 54 heavy (non-hydrogen) atoms. The van der Waals surface area contributed by atoms with Gasteiger partial charge in [-0.1, -0.05) is 45.0 Å². The number of nitrogens with one attached hydrogen (secondary N) is 4. The lowest BCUT2D eigenvalue weighted by Gasteiger charge is -2.63. The van der Waals surface area contributed by atoms with E-state index in [0.717, 1.165) is 29.9 Å². The number of fused-ring (bicyclic) bond motifs is 1. The minimum Gasteiger partial charge on any atom is -0.404 e. The maximum Gasteiger partial charge on any atom is 0.481 e. The van der Waals surface area contributed by atoms with Gasteiger partial charge in [-0.15, -0.1) is 11.8 Å². The SMILES string of the molecule is CC[C@H](NC(=O)[C@@H]1C[C@@](C)(NC(=O)Nc2ccccc2SC)c2ncc(NCc3cccc(C(F)(F)F)c3)c(=O)n21)B1O[C@@H]2C3CC(C[C@]2(C)O1)C3(C)C. The summed E-state index contributed by atoms with van der Waals surface area (Å²) < 4.78 is 54.6. The van der Waals surface area contributed by atoms with Crippen LogP contribution in [0.2, 0.25) is 0 Å². The molecule has 3 heterocycles. The molecular formula is C38H46BF3N6O5S. The maximum atomic E-state index is 14.4. The number of amides is 3. The standard InChI is InChI=1S/C38H46BF3N6O5S/c1-7-29(39-52-30-24-16-23(35(24,2)3)17-37(30,5)53-39)46-31(49)27-18-36(4,47-34(51)45-25-13-8-9-14-28(25)54-6)33-44-20-26(32(50)48(27)33)43-19-21-11-10-12-22(15-21)38(40,41)42/h8-15,20,23-24,27,29-30,43H,7,16-19H2,1-6H3,(H,46,49)(H2,45,47,51)/t23?,24?,27-,29-,30+,36+,37-/m0/s1. The van der Waals surface area contributed by atoms with Crippen LogP contribution in [0.4, 0.5) is 29.3 Å². The number of carbonyl (C=O) groups is 2. The Labute approximate surface area is 317 Å². The molecule has 5 aliphatic rings. The second-order valence-corrected chi connectivity index (χ2v) is 16.8. The number of hydrogen-bond donors (Lipinski definition) is 4. The zero-order valence-corrected chi connectivity index (χ0v) is 32.0. The van der Waals surface area contributed by atoms with Gasteiger partial charge in [0, 0.05) is 17.9 Å². The molecule has 4 N–H and O–H groups in total. The normalized spacial score (nSPS) is 28.4. The number of alkyl halides is 3. The third-order valence-electron chi connectivity index (χ3n) is 12.1. The first kappa shape index (κ1) is 38.3. The van der Waals surface area contributed by atoms with E-state index in [1.807, 2.05) is 25.3 Å². The van der Waals surface area contributed by atoms with E-state index >= 15 is 0 Å². The average molecular weight is 767 g/mol. The number of aromatic nitrogens is 2. The highest BCUT2D eigenvalue weighted by molar-refractivity contribution is 7.98. The van der Waals surface area contributed by atoms with Crippen LogP contribution in [-0.2, 0) is 32.4 Å². The largest absolute Gasteiger partial charge is 0.481 e. The van der Waals surface area contributed by atoms with Crippen LogP contribution >= 0.6 is 11.8 Å². The number of hydrogen-bond acceptors (Lipinski definition) is 8. The Balaban J connectivity index is 1.15. The Kier molecular flexibility index (Phi) is 9.87. The molecule has 3 amide bonds. The van der Waals surface area contributed by atoms with E-state index in [1.165, 1.54) is 34.7 Å². The van der Waals surface area contributed by atoms with E-state index in [2.05, 4.69) is 47.0 Å². The number of benzene rings is 2. The minimum absolute atomic E-state index is 0.00313. The van der Waals surface area contributed by atoms with Gasteiger partial charge in [0.2, 0.25) is 5.91 Å². The third kappa shape index (κ3) is 6.78. The van der Waals surface area contributed by atoms with E-state index in [-0.39, 0.29) is 36.0 Å². The Morgan fingerprint density at radius 2 is 1.85 bits per heavy atom. The zero-order chi connectivity index (χ0) is 38.8. The molecule has 0 radical (unpaired) electrons. The van der Waals surface area contributed by atoms with E-state index in [0.29, 0.717) is 29.5 Å². The van der Waals surface area contributed by atoms with Crippen LogP contribution in [0.15, 0.2) is 64.4 Å². The summed E-state index contributed by atoms with van der Waals surface area (Å²) in [5.74, 6) is 0.0578. The van der Waals surface area contributed by atoms with Crippen LogP contribution in [0.1, 0.15) is 83.3 Å². The Bertz CT molecular complexity index is 2020. The average Bonchev–Trinajstić information content (AvgIpc) is 3.64. The van der Waals surface area contributed by atoms with Crippen molar-refractivity contribution >= 4 is 42.2 Å². The number of thioether (sulfide) groups is 1. The van der Waals surface area contributed by atoms with Gasteiger partial charge in [-0.25, -0.2) is 9.78 Å². The van der Waals surface area contributed by atoms with Crippen LogP contribution in [0, 0.1) is 17.3 Å². The second-order valence-electron chi connectivity index (χ2n) is 16.0. The van der Waals surface area contributed by atoms with E-state index in [9.17, 15) is 27.6 Å². The lowest BCUT2D eigenvalue weighted by Crippen LogP contribution is -2.63. The highest BCUT2D eigenvalue weighted by Gasteiger charge is 2.67. The molecule has 288 valence electrons. The molecule has 2 aromatic carbocycles. The molecule has 4 fully saturated rings. The minimum atomic E-state index is -4.52. The smallest absolute Gasteiger partial charge is 0.404 e. The molecule has 2 bridgehead atoms. The molecule has 11 nitrogen and oxygen atoms in total. The fraction of sp³-hybridized carbons (Fsp3) is 0.526. The van der Waals surface area contributed by atoms with Gasteiger partial charge < -0.3 is 30.6 Å². The van der Waals surface area contributed by atoms with Gasteiger partial charge in [-0.05, 0) is 86.4 Å². The topological polar surface area (TPSA) is 136 Å². The van der Waals surface area contributed by atoms with Gasteiger partial charge in [0.15, 0.2) is 0 Å². The van der Waals surface area contributed by atoms with Crippen LogP contribution in [0.5, 0.6) is 0 Å². The van der Waals surface area contributed by atoms with Crippen LogP contribution in [0.3, 0.4) is 0 Å². The molecule has 8 rings (SSSR count). The third-order valence-corrected chi connectivity index (χ3v) is 12.9. The summed E-state index contributed by atoms with van der Waals surface area (Å²) in [6.07, 6.45) is 1.02. The molecule has 3 saturated carbocycles. The van der Waals surface area contributed by atoms with Crippen molar-refractivity contribution in [3.63, 3.8) is 0 Å². The van der Waals surface area contributed by atoms with Crippen molar-refractivity contribution < 1.29 is 32.1 Å². The van der Waals surface area contributed by atoms with Crippen molar-refractivity contribution in [3.8, 4) is 0 Å². The molecular weight excluding hydrogens is 720 g/mol. The molecule has 3 aliphatic carbocycles. The molecule has 1 aromatic heterocycles. The number of halogens is 3. The van der Waals surface area contributed by atoms with Gasteiger partial charge >= 0.3 is 19.3 Å². The summed E-state index contributed by atoms with van der Waals surface area (Å²) in [6.45, 7) is 10.2. The van der Waals surface area contributed by atoms with Crippen LogP contribution < -0.4 is 26.8 Å². The molecule has 2 unspecified atom stereocenters. The van der Waals surface area contributed by atoms with Crippen molar-refractivity contribution in [2.75, 3.05) is 16.9 Å². The van der Waals surface area contributed by atoms with Gasteiger partial charge in [0.25, 0.3) is 5.56 Å². The zero-order valence-electron chi connectivity index (χ0n) is 31.2. The highest BCUT2D eigenvalue weighted by atomic mass is 32.2. The molecule has 1 saturated heterocycles. The Morgan fingerprint density at radius 3 is 2.56 bits per heavy atom. The summed E-state index contributed by atoms with van der Waals surface area (Å²) in [5, 5.41) is 11.9. The predicted molar refractivity (Wildman–Crippen MR) is 201 cm³/mol. The summed E-state index contributed by atoms with van der Waals surface area (Å²) in [5.41, 5.74) is -2.10. The number of carbonyl (C=O) groups excluding carboxylic acids is 2. The van der Waals surface area contributed by atoms with Gasteiger partial charge in [-0.3, -0.25) is 14.2 Å². The number of urea groups is 1. The van der Waals surface area contributed by atoms with E-state index in [4.69, 9.17) is 9.31 Å². The van der Waals surface area contributed by atoms with E-state index in [1.54, 1.807) is 19.1 Å². The maximum absolute atomic E-state index is 14.4. The molecule has 16 heteroatoms. The molecule has 0 spiro atoms. The molecule has 2 aliphatic heterocycles. The Hall–Kier alpha value is -4.02. The fourth-order valence-electron chi connectivity index (χ4n) is 8.94. The highest BCUT2D eigenvalue weighted by Crippen LogP contribution is 2.64. The van der Waals surface area contributed by atoms with Crippen LogP contribution in [-0.4, -0.2) is 52.5 Å². The first-order chi connectivity index (χ1) is 25.5. The summed E-state index contributed by atoms with van der Waals surface area (Å²) in [6, 6.07) is 10.5. The second kappa shape index (κ2) is 13.9. The van der Waals surface area contributed by atoms with E-state index < -0.39 is 59.5 Å². The monoisotopic (exact) mass is 766 g/mol. The number of rotatable bonds is 10. The van der Waals surface area contributed by atoms with Crippen molar-refractivity contribution in [3.05, 3.63) is 82.0 Å². The first-order valence-electron chi connectivity index (χ1n) is 18.4.